The molecule has 0 saturated carbocycles. The monoisotopic (exact) mass is 294 g/mol. The van der Waals surface area contributed by atoms with Crippen LogP contribution in [0.4, 0.5) is 10.5 Å². The molecule has 5 nitrogen and oxygen atoms in total. The molecule has 2 aromatic rings. The fourth-order valence-electron chi connectivity index (χ4n) is 1.46. The fraction of sp³-hybridized carbons (Fsp3) is 0.0909. The van der Waals surface area contributed by atoms with E-state index in [2.05, 4.69) is 10.5 Å². The van der Waals surface area contributed by atoms with Gasteiger partial charge in [0.25, 0.3) is 0 Å². The maximum absolute atomic E-state index is 10.7. The molecule has 1 aromatic heterocycles. The molecule has 1 heterocycles. The van der Waals surface area contributed by atoms with E-state index in [1.165, 1.54) is 21.2 Å². The minimum absolute atomic E-state index is 0.395. The number of hydrogen-bond donors (Lipinski definition) is 2. The molecule has 0 spiro atoms. The van der Waals surface area contributed by atoms with E-state index >= 15 is 0 Å². The third-order valence-electron chi connectivity index (χ3n) is 2.27. The van der Waals surface area contributed by atoms with Crippen molar-refractivity contribution in [3.8, 4) is 11.3 Å². The van der Waals surface area contributed by atoms with E-state index in [9.17, 15) is 4.79 Å². The van der Waals surface area contributed by atoms with Crippen molar-refractivity contribution in [1.82, 2.24) is 5.16 Å². The molecule has 2 N–H and O–H groups in total. The zero-order chi connectivity index (χ0) is 12.4. The normalized spacial score (nSPS) is 10.2. The Labute approximate surface area is 106 Å². The average molecular weight is 294 g/mol. The number of aryl methyl sites for hydroxylation is 1. The Hall–Kier alpha value is -1.74. The van der Waals surface area contributed by atoms with E-state index in [-0.39, 0.29) is 0 Å². The average Bonchev–Trinajstić information content (AvgIpc) is 2.61. The van der Waals surface area contributed by atoms with Crippen molar-refractivity contribution in [2.45, 2.75) is 6.92 Å². The van der Waals surface area contributed by atoms with E-state index in [1.807, 2.05) is 24.3 Å². The molecule has 88 valence electrons. The van der Waals surface area contributed by atoms with Crippen molar-refractivity contribution >= 4 is 33.0 Å². The van der Waals surface area contributed by atoms with E-state index in [0.29, 0.717) is 17.1 Å². The van der Waals surface area contributed by atoms with Crippen molar-refractivity contribution in [2.24, 2.45) is 0 Å². The molecule has 2 rings (SSSR count). The molecule has 0 aliphatic heterocycles. The standard InChI is InChI=1S/C11H11AsN2O3/c1-6-9(13-11(15)16)10(17-14-6)7-2-4-8(12)5-3-7/h2-5,13H,12H2,1H3,(H,15,16). The summed E-state index contributed by atoms with van der Waals surface area (Å²) in [6.45, 7) is 1.69. The predicted octanol–water partition coefficient (Wildman–Crippen LogP) is 0.998. The van der Waals surface area contributed by atoms with Gasteiger partial charge in [-0.1, -0.05) is 0 Å². The number of aromatic nitrogens is 1. The summed E-state index contributed by atoms with van der Waals surface area (Å²) < 4.78 is 6.34. The number of benzene rings is 1. The summed E-state index contributed by atoms with van der Waals surface area (Å²) in [6, 6.07) is 7.67. The van der Waals surface area contributed by atoms with Gasteiger partial charge in [-0.3, -0.25) is 0 Å². The second-order valence-corrected chi connectivity index (χ2v) is 4.92. The summed E-state index contributed by atoms with van der Waals surface area (Å²) in [5, 5.41) is 14.8. The van der Waals surface area contributed by atoms with Crippen LogP contribution in [0.2, 0.25) is 0 Å². The van der Waals surface area contributed by atoms with Crippen LogP contribution < -0.4 is 9.67 Å². The van der Waals surface area contributed by atoms with Crippen LogP contribution in [0.1, 0.15) is 5.69 Å². The van der Waals surface area contributed by atoms with Crippen molar-refractivity contribution in [3.05, 3.63) is 30.0 Å². The van der Waals surface area contributed by atoms with Gasteiger partial charge in [0.1, 0.15) is 0 Å². The summed E-state index contributed by atoms with van der Waals surface area (Å²) in [5.41, 5.74) is 1.72. The van der Waals surface area contributed by atoms with Gasteiger partial charge in [0.15, 0.2) is 0 Å². The van der Waals surface area contributed by atoms with Crippen LogP contribution in [0.25, 0.3) is 11.3 Å². The van der Waals surface area contributed by atoms with Gasteiger partial charge in [0.05, 0.1) is 0 Å². The molecule has 17 heavy (non-hydrogen) atoms. The van der Waals surface area contributed by atoms with Gasteiger partial charge in [-0.25, -0.2) is 0 Å². The van der Waals surface area contributed by atoms with Gasteiger partial charge in [-0.05, 0) is 0 Å². The molecule has 0 fully saturated rings. The Kier molecular flexibility index (Phi) is 3.20. The van der Waals surface area contributed by atoms with Gasteiger partial charge in [-0.15, -0.1) is 0 Å². The van der Waals surface area contributed by atoms with E-state index in [4.69, 9.17) is 9.63 Å². The molecular weight excluding hydrogens is 283 g/mol. The number of nitrogens with one attached hydrogen (secondary N) is 1. The maximum atomic E-state index is 10.7. The van der Waals surface area contributed by atoms with Crippen LogP contribution >= 0.6 is 0 Å². The first-order valence-corrected chi connectivity index (χ1v) is 6.11. The summed E-state index contributed by atoms with van der Waals surface area (Å²) in [5.74, 6) is 0.442. The predicted molar refractivity (Wildman–Crippen MR) is 66.5 cm³/mol. The van der Waals surface area contributed by atoms with Crippen LogP contribution in [0.15, 0.2) is 28.8 Å². The molecule has 6 heteroatoms. The fourth-order valence-corrected chi connectivity index (χ4v) is 1.86. The van der Waals surface area contributed by atoms with Crippen molar-refractivity contribution in [3.63, 3.8) is 0 Å². The third-order valence-corrected chi connectivity index (χ3v) is 3.08. The number of rotatable bonds is 2. The number of nitrogens with zero attached hydrogens (tertiary/aromatic N) is 1. The topological polar surface area (TPSA) is 75.4 Å². The Bertz CT molecular complexity index is 548. The van der Waals surface area contributed by atoms with Crippen molar-refractivity contribution in [1.29, 1.82) is 0 Å². The van der Waals surface area contributed by atoms with Crippen LogP contribution in [0.5, 0.6) is 0 Å². The van der Waals surface area contributed by atoms with Crippen LogP contribution in [-0.2, 0) is 0 Å². The van der Waals surface area contributed by atoms with E-state index in [1.54, 1.807) is 6.92 Å². The van der Waals surface area contributed by atoms with Gasteiger partial charge < -0.3 is 0 Å². The van der Waals surface area contributed by atoms with Crippen LogP contribution in [0, 0.1) is 6.92 Å². The second kappa shape index (κ2) is 4.63. The summed E-state index contributed by atoms with van der Waals surface area (Å²) in [6.07, 6.45) is -1.13. The molecule has 1 aromatic carbocycles. The molecule has 0 saturated heterocycles. The number of amides is 1. The van der Waals surface area contributed by atoms with Crippen LogP contribution in [-0.4, -0.2) is 33.2 Å². The van der Waals surface area contributed by atoms with Gasteiger partial charge in [0, 0.05) is 0 Å². The zero-order valence-electron chi connectivity index (χ0n) is 9.10. The zero-order valence-corrected chi connectivity index (χ0v) is 11.5. The quantitative estimate of drug-likeness (QED) is 0.810. The molecule has 1 unspecified atom stereocenters. The Morgan fingerprint density at radius 1 is 1.41 bits per heavy atom. The SMILES string of the molecule is Cc1noc(-c2ccc([AsH2])cc2)c1NC(=O)O. The van der Waals surface area contributed by atoms with E-state index < -0.39 is 6.09 Å². The molecule has 1 atom stereocenters. The van der Waals surface area contributed by atoms with Crippen LogP contribution in [0.3, 0.4) is 0 Å². The van der Waals surface area contributed by atoms with Gasteiger partial charge in [0.2, 0.25) is 0 Å². The molecule has 1 amide bonds. The second-order valence-electron chi connectivity index (χ2n) is 3.52. The Morgan fingerprint density at radius 2 is 2.06 bits per heavy atom. The first kappa shape index (κ1) is 11.7. The Morgan fingerprint density at radius 3 is 2.65 bits per heavy atom. The number of carboxylic acid groups (broad SMARTS) is 1. The number of anilines is 1. The summed E-state index contributed by atoms with van der Waals surface area (Å²) in [4.78, 5) is 10.7. The number of hydrogen-bond acceptors (Lipinski definition) is 3. The first-order chi connectivity index (χ1) is 8.08. The molecule has 0 aliphatic rings. The van der Waals surface area contributed by atoms with Gasteiger partial charge >= 0.3 is 106 Å². The Balaban J connectivity index is 2.45. The number of carbonyl (C=O) groups is 1. The third kappa shape index (κ3) is 2.50. The van der Waals surface area contributed by atoms with Crippen molar-refractivity contribution < 1.29 is 14.4 Å². The molecule has 0 bridgehead atoms. The molecular formula is C11H11AsN2O3. The summed E-state index contributed by atoms with van der Waals surface area (Å²) in [7, 11) is 0. The van der Waals surface area contributed by atoms with Gasteiger partial charge in [-0.2, -0.15) is 0 Å². The summed E-state index contributed by atoms with van der Waals surface area (Å²) >= 11 is 1.53. The van der Waals surface area contributed by atoms with Crippen molar-refractivity contribution in [2.75, 3.05) is 5.32 Å². The van der Waals surface area contributed by atoms with E-state index in [0.717, 1.165) is 5.56 Å². The first-order valence-electron chi connectivity index (χ1n) is 4.90. The molecule has 0 aliphatic carbocycles. The molecule has 0 radical (unpaired) electrons. The minimum atomic E-state index is -1.13.